The van der Waals surface area contributed by atoms with Crippen molar-refractivity contribution in [2.75, 3.05) is 34.5 Å². The summed E-state index contributed by atoms with van der Waals surface area (Å²) in [6.45, 7) is 10.3. The summed E-state index contributed by atoms with van der Waals surface area (Å²) in [6, 6.07) is 8.24. The SMILES string of the molecule is COC[C@@H](Cn1c(=O)cnn(-c2ccc(Cl)c(C(=O)O)c2)c1=O)O[Si](C)(C)C(C)(C)C.COC[C@H](O)Cn1c(=O)cnn(-c2ccc(Cl)c(C(=O)OC)c2)c1=O. The smallest absolute Gasteiger partial charge is 0.352 e. The number of aromatic carboxylic acids is 1. The van der Waals surface area contributed by atoms with Crippen LogP contribution in [0, 0.1) is 0 Å². The fourth-order valence-electron chi connectivity index (χ4n) is 4.84. The molecule has 4 rings (SSSR count). The van der Waals surface area contributed by atoms with Gasteiger partial charge in [0.15, 0.2) is 8.32 Å². The topological polar surface area (TPSA) is 225 Å². The molecule has 0 bridgehead atoms. The van der Waals surface area contributed by atoms with E-state index in [9.17, 15) is 39.0 Å². The molecule has 0 spiro atoms. The van der Waals surface area contributed by atoms with E-state index in [1.165, 1.54) is 57.7 Å². The average Bonchev–Trinajstić information content (AvgIpc) is 3.12. The highest BCUT2D eigenvalue weighted by molar-refractivity contribution is 6.74. The monoisotopic (exact) mass is 838 g/mol. The molecule has 2 N–H and O–H groups in total. The second-order valence-electron chi connectivity index (χ2n) is 13.8. The summed E-state index contributed by atoms with van der Waals surface area (Å²) in [7, 11) is 1.92. The summed E-state index contributed by atoms with van der Waals surface area (Å²) in [4.78, 5) is 73.0. The highest BCUT2D eigenvalue weighted by Crippen LogP contribution is 2.37. The first kappa shape index (κ1) is 45.6. The average molecular weight is 840 g/mol. The van der Waals surface area contributed by atoms with Crippen LogP contribution in [0.2, 0.25) is 28.2 Å². The van der Waals surface area contributed by atoms with E-state index in [0.717, 1.165) is 30.9 Å². The van der Waals surface area contributed by atoms with Crippen LogP contribution in [-0.4, -0.2) is 106 Å². The van der Waals surface area contributed by atoms with Crippen LogP contribution in [0.5, 0.6) is 0 Å². The van der Waals surface area contributed by atoms with Crippen molar-refractivity contribution in [3.63, 3.8) is 0 Å². The molecule has 0 saturated carbocycles. The van der Waals surface area contributed by atoms with Crippen molar-refractivity contribution in [1.29, 1.82) is 0 Å². The molecule has 56 heavy (non-hydrogen) atoms. The molecule has 0 aliphatic heterocycles. The van der Waals surface area contributed by atoms with Gasteiger partial charge in [-0.1, -0.05) is 44.0 Å². The second-order valence-corrected chi connectivity index (χ2v) is 19.3. The molecule has 0 saturated heterocycles. The molecule has 0 amide bonds. The fraction of sp³-hybridized carbons (Fsp3) is 0.429. The largest absolute Gasteiger partial charge is 0.478 e. The molecule has 0 fully saturated rings. The molecular weight excluding hydrogens is 795 g/mol. The van der Waals surface area contributed by atoms with Crippen LogP contribution < -0.4 is 22.5 Å². The molecule has 21 heteroatoms. The van der Waals surface area contributed by atoms with Crippen LogP contribution in [0.3, 0.4) is 0 Å². The predicted molar refractivity (Wildman–Crippen MR) is 208 cm³/mol. The van der Waals surface area contributed by atoms with Gasteiger partial charge in [-0.25, -0.2) is 19.2 Å². The van der Waals surface area contributed by atoms with Crippen LogP contribution in [0.25, 0.3) is 11.4 Å². The van der Waals surface area contributed by atoms with Crippen molar-refractivity contribution in [3.8, 4) is 11.4 Å². The van der Waals surface area contributed by atoms with E-state index in [0.29, 0.717) is 0 Å². The molecule has 4 aromatic rings. The third-order valence-electron chi connectivity index (χ3n) is 8.71. The number of aliphatic hydroxyl groups is 1. The molecule has 18 nitrogen and oxygen atoms in total. The Bertz CT molecular complexity index is 2280. The number of methoxy groups -OCH3 is 3. The van der Waals surface area contributed by atoms with Crippen molar-refractivity contribution < 1.29 is 38.4 Å². The Balaban J connectivity index is 0.000000307. The van der Waals surface area contributed by atoms with Gasteiger partial charge in [-0.3, -0.25) is 18.7 Å². The Morgan fingerprint density at radius 3 is 1.70 bits per heavy atom. The fourth-order valence-corrected chi connectivity index (χ4v) is 6.57. The van der Waals surface area contributed by atoms with Gasteiger partial charge in [0, 0.05) is 14.2 Å². The molecule has 0 aliphatic carbocycles. The number of ether oxygens (including phenoxy) is 3. The number of benzene rings is 2. The highest BCUT2D eigenvalue weighted by atomic mass is 35.5. The van der Waals surface area contributed by atoms with Crippen LogP contribution >= 0.6 is 23.2 Å². The maximum absolute atomic E-state index is 13.1. The highest BCUT2D eigenvalue weighted by Gasteiger charge is 2.39. The number of carboxylic acids is 1. The van der Waals surface area contributed by atoms with Crippen molar-refractivity contribution in [3.05, 3.63) is 112 Å². The van der Waals surface area contributed by atoms with Gasteiger partial charge in [0.05, 0.1) is 78.2 Å². The van der Waals surface area contributed by atoms with E-state index in [1.54, 1.807) is 0 Å². The second kappa shape index (κ2) is 19.4. The number of rotatable bonds is 14. The molecule has 0 aliphatic rings. The number of nitrogens with zero attached hydrogens (tertiary/aromatic N) is 6. The molecular formula is C35H44Cl2N6O12Si. The first-order chi connectivity index (χ1) is 26.2. The minimum Gasteiger partial charge on any atom is -0.478 e. The number of carboxylic acid groups (broad SMARTS) is 1. The summed E-state index contributed by atoms with van der Waals surface area (Å²) in [5.41, 5.74) is -2.49. The van der Waals surface area contributed by atoms with Crippen LogP contribution in [0.15, 0.2) is 68.0 Å². The lowest BCUT2D eigenvalue weighted by molar-refractivity contribution is 0.0519. The van der Waals surface area contributed by atoms with E-state index in [4.69, 9.17) is 37.1 Å². The Kier molecular flexibility index (Phi) is 15.8. The van der Waals surface area contributed by atoms with Gasteiger partial charge in [0.25, 0.3) is 11.1 Å². The number of hydrogen-bond donors (Lipinski definition) is 2. The zero-order chi connectivity index (χ0) is 42.1. The van der Waals surface area contributed by atoms with Crippen LogP contribution in [-0.2, 0) is 31.7 Å². The van der Waals surface area contributed by atoms with Gasteiger partial charge in [-0.2, -0.15) is 19.6 Å². The van der Waals surface area contributed by atoms with E-state index < -0.39 is 55.0 Å². The summed E-state index contributed by atoms with van der Waals surface area (Å²) >= 11 is 11.9. The standard InChI is InChI=1S/C20H28ClN3O6Si.C15H16ClN3O6/c1-20(2,3)31(5,6)30-14(12-29-4)11-23-17(25)10-22-24(19(23)28)13-7-8-16(21)15(9-13)18(26)27;1-24-8-10(20)7-18-13(21)6-17-19(15(18)23)9-3-4-12(16)11(5-9)14(22)25-2/h7-10,14H,11-12H2,1-6H3,(H,26,27);3-6,10,20H,7-8H2,1-2H3/t14-;10-/m11/s1. The molecule has 2 aromatic heterocycles. The lowest BCUT2D eigenvalue weighted by atomic mass is 10.2. The first-order valence-electron chi connectivity index (χ1n) is 16.8. The number of carbonyl (C=O) groups is 2. The van der Waals surface area contributed by atoms with Crippen molar-refractivity contribution >= 4 is 43.5 Å². The third kappa shape index (κ3) is 11.2. The molecule has 0 radical (unpaired) electrons. The van der Waals surface area contributed by atoms with E-state index in [2.05, 4.69) is 48.8 Å². The normalized spacial score (nSPS) is 12.7. The number of carbonyl (C=O) groups excluding carboxylic acids is 1. The molecule has 304 valence electrons. The summed E-state index contributed by atoms with van der Waals surface area (Å²) in [5.74, 6) is -1.92. The zero-order valence-corrected chi connectivity index (χ0v) is 34.5. The van der Waals surface area contributed by atoms with Gasteiger partial charge in [-0.15, -0.1) is 0 Å². The zero-order valence-electron chi connectivity index (χ0n) is 32.0. The quantitative estimate of drug-likeness (QED) is 0.138. The molecule has 2 atom stereocenters. The third-order valence-corrected chi connectivity index (χ3v) is 13.9. The summed E-state index contributed by atoms with van der Waals surface area (Å²) in [5, 5.41) is 26.8. The Hall–Kier alpha value is -4.76. The molecule has 0 unspecified atom stereocenters. The number of hydrogen-bond acceptors (Lipinski definition) is 13. The lowest BCUT2D eigenvalue weighted by Gasteiger charge is -2.39. The van der Waals surface area contributed by atoms with Gasteiger partial charge in [0.2, 0.25) is 0 Å². The Labute approximate surface area is 331 Å². The van der Waals surface area contributed by atoms with Crippen molar-refractivity contribution in [2.45, 2.75) is 64.2 Å². The van der Waals surface area contributed by atoms with Crippen LogP contribution in [0.4, 0.5) is 0 Å². The Morgan fingerprint density at radius 2 is 1.25 bits per heavy atom. The number of aromatic nitrogens is 6. The van der Waals surface area contributed by atoms with E-state index in [-0.39, 0.29) is 63.9 Å². The van der Waals surface area contributed by atoms with Crippen LogP contribution in [0.1, 0.15) is 41.5 Å². The predicted octanol–water partition coefficient (Wildman–Crippen LogP) is 2.62. The molecule has 2 heterocycles. The van der Waals surface area contributed by atoms with E-state index >= 15 is 0 Å². The van der Waals surface area contributed by atoms with Gasteiger partial charge < -0.3 is 28.8 Å². The minimum absolute atomic E-state index is 0.0279. The molecule has 2 aromatic carbocycles. The Morgan fingerprint density at radius 1 is 0.786 bits per heavy atom. The lowest BCUT2D eigenvalue weighted by Crippen LogP contribution is -2.49. The van der Waals surface area contributed by atoms with E-state index in [1.807, 2.05) is 0 Å². The minimum atomic E-state index is -2.20. The first-order valence-corrected chi connectivity index (χ1v) is 20.5. The maximum Gasteiger partial charge on any atom is 0.352 e. The number of esters is 1. The van der Waals surface area contributed by atoms with Crippen molar-refractivity contribution in [2.24, 2.45) is 0 Å². The number of halogens is 2. The summed E-state index contributed by atoms with van der Waals surface area (Å²) < 4.78 is 24.7. The van der Waals surface area contributed by atoms with Gasteiger partial charge in [0.1, 0.15) is 12.4 Å². The van der Waals surface area contributed by atoms with Crippen molar-refractivity contribution in [1.82, 2.24) is 28.7 Å². The van der Waals surface area contributed by atoms with Gasteiger partial charge in [-0.05, 0) is 54.5 Å². The number of aliphatic hydroxyl groups excluding tert-OH is 1. The summed E-state index contributed by atoms with van der Waals surface area (Å²) in [6.07, 6.45) is 0.383. The van der Waals surface area contributed by atoms with Gasteiger partial charge >= 0.3 is 23.3 Å². The maximum atomic E-state index is 13.1.